The van der Waals surface area contributed by atoms with Gasteiger partial charge < -0.3 is 25.5 Å². The number of nitrogens with one attached hydrogen (secondary N) is 2. The first-order chi connectivity index (χ1) is 17.3. The summed E-state index contributed by atoms with van der Waals surface area (Å²) in [5.74, 6) is -1.25. The van der Waals surface area contributed by atoms with Gasteiger partial charge in [-0.2, -0.15) is 0 Å². The third-order valence-electron chi connectivity index (χ3n) is 5.78. The molecule has 3 heterocycles. The van der Waals surface area contributed by atoms with Crippen LogP contribution < -0.4 is 15.5 Å². The van der Waals surface area contributed by atoms with E-state index in [1.54, 1.807) is 18.2 Å². The van der Waals surface area contributed by atoms with Gasteiger partial charge in [-0.05, 0) is 62.5 Å². The van der Waals surface area contributed by atoms with Crippen LogP contribution >= 0.6 is 11.6 Å². The molecule has 1 aliphatic heterocycles. The van der Waals surface area contributed by atoms with Crippen LogP contribution in [0.15, 0.2) is 54.9 Å². The average Bonchev–Trinajstić information content (AvgIpc) is 3.09. The predicted molar refractivity (Wildman–Crippen MR) is 137 cm³/mol. The number of benzene rings is 1. The molecule has 0 aliphatic carbocycles. The summed E-state index contributed by atoms with van der Waals surface area (Å²) in [4.78, 5) is 50.3. The largest absolute Gasteiger partial charge is 0.478 e. The van der Waals surface area contributed by atoms with Gasteiger partial charge in [0.05, 0.1) is 27.4 Å². The molecule has 4 rings (SSSR count). The van der Waals surface area contributed by atoms with Crippen LogP contribution in [0.4, 0.5) is 17.3 Å². The standard InChI is InChI=1S/C25H25ClN6O4/c1-31-9-2-10-32(12-11-31)22-8-4-17(14-28-22)23(33)29-20-13-16(25(35)36)3-6-19(20)24(34)30-21-7-5-18(26)15-27-21/h3-8,13-15H,2,9-12H2,1H3,(H,29,33)(H,35,36)(H,27,30,34). The molecule has 1 fully saturated rings. The van der Waals surface area contributed by atoms with Gasteiger partial charge in [0.2, 0.25) is 0 Å². The zero-order chi connectivity index (χ0) is 25.7. The third kappa shape index (κ3) is 6.15. The summed E-state index contributed by atoms with van der Waals surface area (Å²) in [6.45, 7) is 3.68. The SMILES string of the molecule is CN1CCCN(c2ccc(C(=O)Nc3cc(C(=O)O)ccc3C(=O)Nc3ccc(Cl)cn3)cn2)CC1. The number of likely N-dealkylation sites (N-methyl/N-ethyl adjacent to an activating group) is 1. The smallest absolute Gasteiger partial charge is 0.335 e. The summed E-state index contributed by atoms with van der Waals surface area (Å²) in [5.41, 5.74) is 0.317. The first-order valence-electron chi connectivity index (χ1n) is 11.3. The van der Waals surface area contributed by atoms with Crippen LogP contribution in [0.2, 0.25) is 5.02 Å². The number of carbonyl (C=O) groups excluding carboxylic acids is 2. The summed E-state index contributed by atoms with van der Waals surface area (Å²) in [7, 11) is 2.09. The fourth-order valence-electron chi connectivity index (χ4n) is 3.79. The number of carbonyl (C=O) groups is 3. The van der Waals surface area contributed by atoms with Gasteiger partial charge in [-0.3, -0.25) is 9.59 Å². The molecule has 1 aliphatic rings. The average molecular weight is 509 g/mol. The van der Waals surface area contributed by atoms with E-state index in [0.717, 1.165) is 38.4 Å². The maximum Gasteiger partial charge on any atom is 0.335 e. The van der Waals surface area contributed by atoms with Crippen molar-refractivity contribution < 1.29 is 19.5 Å². The lowest BCUT2D eigenvalue weighted by Gasteiger charge is -2.21. The van der Waals surface area contributed by atoms with Crippen molar-refractivity contribution in [2.24, 2.45) is 0 Å². The summed E-state index contributed by atoms with van der Waals surface area (Å²) in [6.07, 6.45) is 3.88. The van der Waals surface area contributed by atoms with Crippen molar-refractivity contribution in [1.82, 2.24) is 14.9 Å². The normalized spacial score (nSPS) is 14.1. The Morgan fingerprint density at radius 3 is 2.39 bits per heavy atom. The van der Waals surface area contributed by atoms with Crippen LogP contribution in [-0.2, 0) is 0 Å². The number of amides is 2. The van der Waals surface area contributed by atoms with E-state index in [4.69, 9.17) is 11.6 Å². The number of anilines is 3. The van der Waals surface area contributed by atoms with E-state index in [0.29, 0.717) is 5.02 Å². The van der Waals surface area contributed by atoms with Crippen molar-refractivity contribution in [3.63, 3.8) is 0 Å². The van der Waals surface area contributed by atoms with Crippen molar-refractivity contribution in [3.8, 4) is 0 Å². The monoisotopic (exact) mass is 508 g/mol. The first kappa shape index (κ1) is 25.1. The highest BCUT2D eigenvalue weighted by Gasteiger charge is 2.19. The van der Waals surface area contributed by atoms with E-state index < -0.39 is 17.8 Å². The molecule has 36 heavy (non-hydrogen) atoms. The summed E-state index contributed by atoms with van der Waals surface area (Å²) < 4.78 is 0. The molecule has 0 atom stereocenters. The number of halogens is 1. The Hall–Kier alpha value is -4.02. The van der Waals surface area contributed by atoms with Gasteiger partial charge in [0.15, 0.2) is 0 Å². The van der Waals surface area contributed by atoms with Crippen LogP contribution in [0.5, 0.6) is 0 Å². The van der Waals surface area contributed by atoms with Gasteiger partial charge in [0.25, 0.3) is 11.8 Å². The molecule has 186 valence electrons. The van der Waals surface area contributed by atoms with Crippen molar-refractivity contribution in [2.45, 2.75) is 6.42 Å². The van der Waals surface area contributed by atoms with E-state index >= 15 is 0 Å². The van der Waals surface area contributed by atoms with E-state index in [9.17, 15) is 19.5 Å². The Balaban J connectivity index is 1.53. The third-order valence-corrected chi connectivity index (χ3v) is 6.01. The highest BCUT2D eigenvalue weighted by atomic mass is 35.5. The maximum absolute atomic E-state index is 13.0. The van der Waals surface area contributed by atoms with E-state index in [2.05, 4.69) is 37.4 Å². The number of nitrogens with zero attached hydrogens (tertiary/aromatic N) is 4. The molecule has 2 amide bonds. The van der Waals surface area contributed by atoms with Crippen molar-refractivity contribution >= 4 is 46.7 Å². The highest BCUT2D eigenvalue weighted by molar-refractivity contribution is 6.30. The summed E-state index contributed by atoms with van der Waals surface area (Å²) >= 11 is 5.83. The topological polar surface area (TPSA) is 128 Å². The fourth-order valence-corrected chi connectivity index (χ4v) is 3.90. The first-order valence-corrected chi connectivity index (χ1v) is 11.7. The lowest BCUT2D eigenvalue weighted by molar-refractivity contribution is 0.0696. The van der Waals surface area contributed by atoms with Gasteiger partial charge in [-0.25, -0.2) is 14.8 Å². The minimum atomic E-state index is -1.19. The Morgan fingerprint density at radius 1 is 0.889 bits per heavy atom. The second-order valence-corrected chi connectivity index (χ2v) is 8.82. The van der Waals surface area contributed by atoms with Gasteiger partial charge in [-0.15, -0.1) is 0 Å². The molecule has 0 radical (unpaired) electrons. The van der Waals surface area contributed by atoms with Crippen LogP contribution in [0.25, 0.3) is 0 Å². The number of carboxylic acids is 1. The molecule has 1 saturated heterocycles. The fraction of sp³-hybridized carbons (Fsp3) is 0.240. The molecule has 3 aromatic rings. The minimum absolute atomic E-state index is 0.0472. The van der Waals surface area contributed by atoms with Gasteiger partial charge in [0.1, 0.15) is 11.6 Å². The number of pyridine rings is 2. The zero-order valence-electron chi connectivity index (χ0n) is 19.6. The summed E-state index contributed by atoms with van der Waals surface area (Å²) in [6, 6.07) is 10.4. The Morgan fingerprint density at radius 2 is 1.69 bits per heavy atom. The highest BCUT2D eigenvalue weighted by Crippen LogP contribution is 2.22. The number of aromatic carboxylic acids is 1. The molecule has 2 aromatic heterocycles. The zero-order valence-corrected chi connectivity index (χ0v) is 20.3. The molecule has 11 heteroatoms. The van der Waals surface area contributed by atoms with Gasteiger partial charge in [-0.1, -0.05) is 11.6 Å². The number of carboxylic acid groups (broad SMARTS) is 1. The van der Waals surface area contributed by atoms with Crippen LogP contribution in [-0.4, -0.2) is 71.0 Å². The molecule has 1 aromatic carbocycles. The molecular formula is C25H25ClN6O4. The number of aromatic nitrogens is 2. The second kappa shape index (κ2) is 11.1. The Labute approximate surface area is 212 Å². The minimum Gasteiger partial charge on any atom is -0.478 e. The molecule has 0 bridgehead atoms. The van der Waals surface area contributed by atoms with E-state index in [1.807, 2.05) is 0 Å². The number of hydrogen-bond acceptors (Lipinski definition) is 7. The van der Waals surface area contributed by atoms with Crippen molar-refractivity contribution in [2.75, 3.05) is 48.8 Å². The lowest BCUT2D eigenvalue weighted by Crippen LogP contribution is -2.29. The van der Waals surface area contributed by atoms with Crippen molar-refractivity contribution in [3.05, 3.63) is 76.6 Å². The van der Waals surface area contributed by atoms with Gasteiger partial charge >= 0.3 is 5.97 Å². The van der Waals surface area contributed by atoms with Gasteiger partial charge in [0, 0.05) is 32.0 Å². The Kier molecular flexibility index (Phi) is 7.77. The van der Waals surface area contributed by atoms with Crippen molar-refractivity contribution in [1.29, 1.82) is 0 Å². The van der Waals surface area contributed by atoms with E-state index in [1.165, 1.54) is 36.7 Å². The molecular weight excluding hydrogens is 484 g/mol. The van der Waals surface area contributed by atoms with Crippen LogP contribution in [0, 0.1) is 0 Å². The predicted octanol–water partition coefficient (Wildman–Crippen LogP) is 3.47. The number of hydrogen-bond donors (Lipinski definition) is 3. The van der Waals surface area contributed by atoms with E-state index in [-0.39, 0.29) is 28.2 Å². The maximum atomic E-state index is 13.0. The van der Waals surface area contributed by atoms with Crippen LogP contribution in [0.3, 0.4) is 0 Å². The quantitative estimate of drug-likeness (QED) is 0.462. The second-order valence-electron chi connectivity index (χ2n) is 8.38. The summed E-state index contributed by atoms with van der Waals surface area (Å²) in [5, 5.41) is 15.1. The molecule has 0 spiro atoms. The Bertz CT molecular complexity index is 1270. The lowest BCUT2D eigenvalue weighted by atomic mass is 10.1. The molecule has 0 saturated carbocycles. The molecule has 3 N–H and O–H groups in total. The molecule has 10 nitrogen and oxygen atoms in total. The number of rotatable bonds is 6. The van der Waals surface area contributed by atoms with Crippen LogP contribution in [0.1, 0.15) is 37.5 Å². The molecule has 0 unspecified atom stereocenters.